The van der Waals surface area contributed by atoms with E-state index in [-0.39, 0.29) is 37.3 Å². The first kappa shape index (κ1) is 20.3. The average molecular weight is 348 g/mol. The van der Waals surface area contributed by atoms with Crippen LogP contribution in [0.5, 0.6) is 0 Å². The largest absolute Gasteiger partial charge is 0.383 e. The van der Waals surface area contributed by atoms with Crippen molar-refractivity contribution < 1.29 is 9.53 Å². The molecule has 9 heteroatoms. The second kappa shape index (κ2) is 9.37. The second-order valence-electron chi connectivity index (χ2n) is 4.27. The Balaban J connectivity index is 0.00000220. The van der Waals surface area contributed by atoms with Crippen molar-refractivity contribution in [1.29, 1.82) is 0 Å². The summed E-state index contributed by atoms with van der Waals surface area (Å²) in [6.07, 6.45) is 5.11. The maximum atomic E-state index is 11.9. The van der Waals surface area contributed by atoms with Crippen LogP contribution in [0.2, 0.25) is 0 Å². The molecular weight excluding hydrogens is 329 g/mol. The Morgan fingerprint density at radius 2 is 2.14 bits per heavy atom. The highest BCUT2D eigenvalue weighted by molar-refractivity contribution is 5.96. The number of carbonyl (C=O) groups is 1. The number of methoxy groups -OCH3 is 1. The highest BCUT2D eigenvalue weighted by Crippen LogP contribution is 2.18. The van der Waals surface area contributed by atoms with E-state index in [9.17, 15) is 4.79 Å². The second-order valence-corrected chi connectivity index (χ2v) is 4.27. The van der Waals surface area contributed by atoms with Crippen LogP contribution >= 0.6 is 24.8 Å². The van der Waals surface area contributed by atoms with Crippen LogP contribution in [-0.2, 0) is 9.53 Å². The number of ether oxygens (including phenoxy) is 1. The van der Waals surface area contributed by atoms with Crippen LogP contribution in [0.3, 0.4) is 0 Å². The standard InChI is InChI=1S/C13H17N5O2.2ClH/c1-9-15-6-7-18(9)12-11(4-3-5-16-12)17-13(19)10(14)8-20-2;;/h3-7,10H,8,14H2,1-2H3,(H,17,19);2*1H. The third-order valence-corrected chi connectivity index (χ3v) is 2.78. The van der Waals surface area contributed by atoms with Gasteiger partial charge in [0, 0.05) is 25.7 Å². The molecule has 0 spiro atoms. The van der Waals surface area contributed by atoms with Crippen LogP contribution in [0.25, 0.3) is 5.82 Å². The van der Waals surface area contributed by atoms with E-state index in [4.69, 9.17) is 10.5 Å². The zero-order chi connectivity index (χ0) is 14.5. The number of carbonyl (C=O) groups excluding carboxylic acids is 1. The first-order valence-electron chi connectivity index (χ1n) is 6.14. The SMILES string of the molecule is COCC(N)C(=O)Nc1cccnc1-n1ccnc1C.Cl.Cl. The Morgan fingerprint density at radius 3 is 2.73 bits per heavy atom. The predicted octanol–water partition coefficient (Wildman–Crippen LogP) is 1.33. The number of nitrogens with one attached hydrogen (secondary N) is 1. The zero-order valence-corrected chi connectivity index (χ0v) is 13.9. The number of hydrogen-bond donors (Lipinski definition) is 2. The quantitative estimate of drug-likeness (QED) is 0.850. The maximum Gasteiger partial charge on any atom is 0.243 e. The molecule has 7 nitrogen and oxygen atoms in total. The molecule has 0 radical (unpaired) electrons. The van der Waals surface area contributed by atoms with Crippen molar-refractivity contribution in [3.63, 3.8) is 0 Å². The van der Waals surface area contributed by atoms with Gasteiger partial charge in [-0.1, -0.05) is 0 Å². The summed E-state index contributed by atoms with van der Waals surface area (Å²) in [5, 5.41) is 2.76. The minimum Gasteiger partial charge on any atom is -0.383 e. The number of rotatable bonds is 5. The molecule has 0 aliphatic carbocycles. The molecule has 2 aromatic heterocycles. The summed E-state index contributed by atoms with van der Waals surface area (Å²) in [5.74, 6) is 1.06. The van der Waals surface area contributed by atoms with E-state index in [0.29, 0.717) is 11.5 Å². The van der Waals surface area contributed by atoms with Crippen molar-refractivity contribution in [3.05, 3.63) is 36.5 Å². The topological polar surface area (TPSA) is 95.1 Å². The lowest BCUT2D eigenvalue weighted by atomic mass is 10.3. The van der Waals surface area contributed by atoms with Crippen LogP contribution in [0.15, 0.2) is 30.7 Å². The number of nitrogens with two attached hydrogens (primary N) is 1. The van der Waals surface area contributed by atoms with Crippen molar-refractivity contribution in [2.75, 3.05) is 19.0 Å². The van der Waals surface area contributed by atoms with Crippen LogP contribution in [0.1, 0.15) is 5.82 Å². The Kier molecular flexibility index (Phi) is 8.66. The maximum absolute atomic E-state index is 11.9. The predicted molar refractivity (Wildman–Crippen MR) is 89.1 cm³/mol. The van der Waals surface area contributed by atoms with E-state index >= 15 is 0 Å². The lowest BCUT2D eigenvalue weighted by Crippen LogP contribution is -2.39. The van der Waals surface area contributed by atoms with Crippen molar-refractivity contribution >= 4 is 36.4 Å². The van der Waals surface area contributed by atoms with Gasteiger partial charge in [0.2, 0.25) is 5.91 Å². The van der Waals surface area contributed by atoms with Gasteiger partial charge in [0.25, 0.3) is 0 Å². The van der Waals surface area contributed by atoms with Crippen molar-refractivity contribution in [2.45, 2.75) is 13.0 Å². The number of hydrogen-bond acceptors (Lipinski definition) is 5. The van der Waals surface area contributed by atoms with E-state index in [1.54, 1.807) is 35.3 Å². The lowest BCUT2D eigenvalue weighted by molar-refractivity contribution is -0.118. The van der Waals surface area contributed by atoms with Gasteiger partial charge in [0.15, 0.2) is 5.82 Å². The number of anilines is 1. The number of aryl methyl sites for hydroxylation is 1. The van der Waals surface area contributed by atoms with Crippen LogP contribution in [0, 0.1) is 6.92 Å². The van der Waals surface area contributed by atoms with Crippen LogP contribution < -0.4 is 11.1 Å². The number of halogens is 2. The molecule has 0 bridgehead atoms. The summed E-state index contributed by atoms with van der Waals surface area (Å²) >= 11 is 0. The minimum absolute atomic E-state index is 0. The Hall–Kier alpha value is -1.67. The molecule has 0 aromatic carbocycles. The third-order valence-electron chi connectivity index (χ3n) is 2.78. The molecule has 0 aliphatic heterocycles. The number of nitrogens with zero attached hydrogens (tertiary/aromatic N) is 3. The molecule has 22 heavy (non-hydrogen) atoms. The van der Waals surface area contributed by atoms with Gasteiger partial charge in [-0.2, -0.15) is 0 Å². The average Bonchev–Trinajstić information content (AvgIpc) is 2.86. The van der Waals surface area contributed by atoms with Gasteiger partial charge in [-0.3, -0.25) is 9.36 Å². The van der Waals surface area contributed by atoms with Crippen LogP contribution in [-0.4, -0.2) is 40.2 Å². The Morgan fingerprint density at radius 1 is 1.41 bits per heavy atom. The summed E-state index contributed by atoms with van der Waals surface area (Å²) in [4.78, 5) is 20.4. The summed E-state index contributed by atoms with van der Waals surface area (Å²) < 4.78 is 6.66. The summed E-state index contributed by atoms with van der Waals surface area (Å²) in [6.45, 7) is 2.02. The van der Waals surface area contributed by atoms with Gasteiger partial charge < -0.3 is 15.8 Å². The highest BCUT2D eigenvalue weighted by atomic mass is 35.5. The first-order chi connectivity index (χ1) is 9.63. The molecule has 2 heterocycles. The molecule has 2 aromatic rings. The molecule has 1 unspecified atom stereocenters. The van der Waals surface area contributed by atoms with E-state index in [1.165, 1.54) is 7.11 Å². The molecule has 2 rings (SSSR count). The highest BCUT2D eigenvalue weighted by Gasteiger charge is 2.16. The Labute approximate surface area is 141 Å². The normalized spacial score (nSPS) is 11.0. The van der Waals surface area contributed by atoms with E-state index in [1.807, 2.05) is 6.92 Å². The number of pyridine rings is 1. The molecule has 122 valence electrons. The van der Waals surface area contributed by atoms with Gasteiger partial charge in [0.05, 0.1) is 12.3 Å². The van der Waals surface area contributed by atoms with E-state index in [0.717, 1.165) is 5.82 Å². The number of imidazole rings is 1. The van der Waals surface area contributed by atoms with Crippen molar-refractivity contribution in [3.8, 4) is 5.82 Å². The van der Waals surface area contributed by atoms with E-state index < -0.39 is 6.04 Å². The molecule has 1 atom stereocenters. The molecule has 3 N–H and O–H groups in total. The fraction of sp³-hybridized carbons (Fsp3) is 0.308. The van der Waals surface area contributed by atoms with Gasteiger partial charge >= 0.3 is 0 Å². The summed E-state index contributed by atoms with van der Waals surface area (Å²) in [5.41, 5.74) is 6.27. The Bertz CT molecular complexity index is 606. The fourth-order valence-electron chi connectivity index (χ4n) is 1.77. The van der Waals surface area contributed by atoms with Gasteiger partial charge in [-0.05, 0) is 19.1 Å². The van der Waals surface area contributed by atoms with Crippen LogP contribution in [0.4, 0.5) is 5.69 Å². The monoisotopic (exact) mass is 347 g/mol. The van der Waals surface area contributed by atoms with Gasteiger partial charge in [0.1, 0.15) is 11.9 Å². The van der Waals surface area contributed by atoms with Gasteiger partial charge in [-0.15, -0.1) is 24.8 Å². The summed E-state index contributed by atoms with van der Waals surface area (Å²) in [6, 6.07) is 2.78. The third kappa shape index (κ3) is 4.67. The molecule has 0 aliphatic rings. The first-order valence-corrected chi connectivity index (χ1v) is 6.14. The zero-order valence-electron chi connectivity index (χ0n) is 12.2. The molecule has 0 saturated carbocycles. The number of aromatic nitrogens is 3. The summed E-state index contributed by atoms with van der Waals surface area (Å²) in [7, 11) is 1.50. The fourth-order valence-corrected chi connectivity index (χ4v) is 1.77. The van der Waals surface area contributed by atoms with Gasteiger partial charge in [-0.25, -0.2) is 9.97 Å². The lowest BCUT2D eigenvalue weighted by Gasteiger charge is -2.14. The van der Waals surface area contributed by atoms with E-state index in [2.05, 4.69) is 15.3 Å². The van der Waals surface area contributed by atoms with Crippen molar-refractivity contribution in [1.82, 2.24) is 14.5 Å². The molecular formula is C13H19Cl2N5O2. The smallest absolute Gasteiger partial charge is 0.243 e. The molecule has 1 amide bonds. The molecule has 0 saturated heterocycles. The van der Waals surface area contributed by atoms with Crippen molar-refractivity contribution in [2.24, 2.45) is 5.73 Å². The number of amides is 1. The minimum atomic E-state index is -0.725. The molecule has 0 fully saturated rings.